The van der Waals surface area contributed by atoms with Gasteiger partial charge in [-0.3, -0.25) is 4.79 Å². The monoisotopic (exact) mass is 521 g/mol. The van der Waals surface area contributed by atoms with Crippen LogP contribution in [0.15, 0.2) is 78.2 Å². The predicted molar refractivity (Wildman–Crippen MR) is 140 cm³/mol. The molecule has 4 rings (SSSR count). The van der Waals surface area contributed by atoms with Crippen LogP contribution in [0.25, 0.3) is 11.3 Å². The number of carbonyl (C=O) groups is 2. The molecule has 1 heterocycles. The molecule has 37 heavy (non-hydrogen) atoms. The van der Waals surface area contributed by atoms with E-state index in [-0.39, 0.29) is 18.3 Å². The SMILES string of the molecule is CC(C)C(NC(=O)c1ccc(CN(c2nc(-c3ccc(F)cc3)cs2)c2ccccc2F)cc1)C(=O)O. The molecule has 1 atom stereocenters. The van der Waals surface area contributed by atoms with Crippen molar-refractivity contribution in [1.29, 1.82) is 0 Å². The Morgan fingerprint density at radius 3 is 2.30 bits per heavy atom. The van der Waals surface area contributed by atoms with E-state index in [1.165, 1.54) is 29.5 Å². The van der Waals surface area contributed by atoms with Crippen molar-refractivity contribution in [3.05, 3.63) is 101 Å². The van der Waals surface area contributed by atoms with E-state index in [2.05, 4.69) is 10.3 Å². The Hall–Kier alpha value is -4.11. The van der Waals surface area contributed by atoms with Gasteiger partial charge in [-0.25, -0.2) is 18.6 Å². The first kappa shape index (κ1) is 26.0. The molecule has 0 aliphatic rings. The van der Waals surface area contributed by atoms with Crippen LogP contribution >= 0.6 is 11.3 Å². The average Bonchev–Trinajstić information content (AvgIpc) is 3.36. The van der Waals surface area contributed by atoms with Crippen LogP contribution in [0.3, 0.4) is 0 Å². The van der Waals surface area contributed by atoms with Gasteiger partial charge in [0.25, 0.3) is 5.91 Å². The van der Waals surface area contributed by atoms with Gasteiger partial charge in [0.2, 0.25) is 0 Å². The second kappa shape index (κ2) is 11.3. The molecule has 0 bridgehead atoms. The second-order valence-corrected chi connectivity index (χ2v) is 9.63. The number of amides is 1. The van der Waals surface area contributed by atoms with E-state index >= 15 is 0 Å². The summed E-state index contributed by atoms with van der Waals surface area (Å²) in [5, 5.41) is 14.3. The van der Waals surface area contributed by atoms with E-state index in [4.69, 9.17) is 0 Å². The lowest BCUT2D eigenvalue weighted by atomic mass is 10.0. The summed E-state index contributed by atoms with van der Waals surface area (Å²) in [5.41, 5.74) is 2.84. The minimum absolute atomic E-state index is 0.267. The van der Waals surface area contributed by atoms with Crippen molar-refractivity contribution in [3.8, 4) is 11.3 Å². The summed E-state index contributed by atoms with van der Waals surface area (Å²) in [5.74, 6) is -2.60. The number of carbonyl (C=O) groups excluding carboxylic acids is 1. The number of halogens is 2. The molecule has 0 fully saturated rings. The topological polar surface area (TPSA) is 82.5 Å². The Morgan fingerprint density at radius 1 is 1.00 bits per heavy atom. The average molecular weight is 522 g/mol. The van der Waals surface area contributed by atoms with Gasteiger partial charge >= 0.3 is 5.97 Å². The fourth-order valence-electron chi connectivity index (χ4n) is 3.75. The highest BCUT2D eigenvalue weighted by Crippen LogP contribution is 2.34. The number of nitrogens with zero attached hydrogens (tertiary/aromatic N) is 2. The fraction of sp³-hybridized carbons (Fsp3) is 0.179. The molecule has 2 N–H and O–H groups in total. The van der Waals surface area contributed by atoms with E-state index in [1.807, 2.05) is 5.38 Å². The normalized spacial score (nSPS) is 11.8. The Bertz CT molecular complexity index is 1390. The van der Waals surface area contributed by atoms with Crippen molar-refractivity contribution in [2.24, 2.45) is 5.92 Å². The van der Waals surface area contributed by atoms with E-state index in [1.54, 1.807) is 73.3 Å². The number of hydrogen-bond donors (Lipinski definition) is 2. The third kappa shape index (κ3) is 6.18. The van der Waals surface area contributed by atoms with Gasteiger partial charge in [0.05, 0.1) is 17.9 Å². The molecule has 0 spiro atoms. The first-order valence-corrected chi connectivity index (χ1v) is 12.5. The van der Waals surface area contributed by atoms with Gasteiger partial charge in [0.1, 0.15) is 17.7 Å². The number of anilines is 2. The minimum Gasteiger partial charge on any atom is -0.480 e. The maximum absolute atomic E-state index is 14.8. The lowest BCUT2D eigenvalue weighted by molar-refractivity contribution is -0.140. The number of hydrogen-bond acceptors (Lipinski definition) is 5. The summed E-state index contributed by atoms with van der Waals surface area (Å²) in [7, 11) is 0. The zero-order valence-corrected chi connectivity index (χ0v) is 21.0. The molecule has 6 nitrogen and oxygen atoms in total. The van der Waals surface area contributed by atoms with Gasteiger partial charge in [-0.15, -0.1) is 11.3 Å². The first-order valence-electron chi connectivity index (χ1n) is 11.6. The molecule has 0 aliphatic heterocycles. The van der Waals surface area contributed by atoms with Gasteiger partial charge in [-0.05, 0) is 60.0 Å². The first-order chi connectivity index (χ1) is 17.7. The van der Waals surface area contributed by atoms with Gasteiger partial charge in [0.15, 0.2) is 5.13 Å². The van der Waals surface area contributed by atoms with Crippen LogP contribution in [-0.4, -0.2) is 28.0 Å². The molecule has 3 aromatic carbocycles. The molecule has 0 aliphatic carbocycles. The largest absolute Gasteiger partial charge is 0.480 e. The second-order valence-electron chi connectivity index (χ2n) is 8.79. The van der Waals surface area contributed by atoms with Crippen LogP contribution in [0.1, 0.15) is 29.8 Å². The molecular weight excluding hydrogens is 496 g/mol. The Kier molecular flexibility index (Phi) is 7.93. The van der Waals surface area contributed by atoms with Crippen LogP contribution < -0.4 is 10.2 Å². The van der Waals surface area contributed by atoms with Crippen LogP contribution in [0.5, 0.6) is 0 Å². The van der Waals surface area contributed by atoms with Gasteiger partial charge < -0.3 is 15.3 Å². The molecule has 0 saturated heterocycles. The summed E-state index contributed by atoms with van der Waals surface area (Å²) in [6, 6.07) is 18.1. The lowest BCUT2D eigenvalue weighted by Gasteiger charge is -2.23. The number of carboxylic acid groups (broad SMARTS) is 1. The van der Waals surface area contributed by atoms with Crippen LogP contribution in [0.4, 0.5) is 19.6 Å². The maximum Gasteiger partial charge on any atom is 0.326 e. The van der Waals surface area contributed by atoms with Crippen molar-refractivity contribution in [3.63, 3.8) is 0 Å². The third-order valence-electron chi connectivity index (χ3n) is 5.78. The summed E-state index contributed by atoms with van der Waals surface area (Å²) in [6.45, 7) is 3.71. The van der Waals surface area contributed by atoms with Gasteiger partial charge in [0, 0.05) is 16.5 Å². The molecule has 4 aromatic rings. The van der Waals surface area contributed by atoms with Crippen LogP contribution in [-0.2, 0) is 11.3 Å². The van der Waals surface area contributed by atoms with E-state index < -0.39 is 23.7 Å². The molecule has 1 unspecified atom stereocenters. The van der Waals surface area contributed by atoms with Crippen molar-refractivity contribution < 1.29 is 23.5 Å². The highest BCUT2D eigenvalue weighted by atomic mass is 32.1. The third-order valence-corrected chi connectivity index (χ3v) is 6.65. The Balaban J connectivity index is 1.59. The Morgan fingerprint density at radius 2 is 1.68 bits per heavy atom. The number of aromatic nitrogens is 1. The quantitative estimate of drug-likeness (QED) is 0.271. The maximum atomic E-state index is 14.8. The van der Waals surface area contributed by atoms with Gasteiger partial charge in [-0.1, -0.05) is 38.1 Å². The molecular formula is C28H25F2N3O3S. The number of benzene rings is 3. The number of nitrogens with one attached hydrogen (secondary N) is 1. The molecule has 1 aromatic heterocycles. The lowest BCUT2D eigenvalue weighted by Crippen LogP contribution is -2.44. The highest BCUT2D eigenvalue weighted by Gasteiger charge is 2.24. The van der Waals surface area contributed by atoms with Crippen molar-refractivity contribution in [2.75, 3.05) is 4.90 Å². The van der Waals surface area contributed by atoms with Crippen LogP contribution in [0, 0.1) is 17.6 Å². The number of thiazole rings is 1. The molecule has 0 radical (unpaired) electrons. The molecule has 0 saturated carbocycles. The van der Waals surface area contributed by atoms with Crippen molar-refractivity contribution in [2.45, 2.75) is 26.4 Å². The predicted octanol–water partition coefficient (Wildman–Crippen LogP) is 6.27. The van der Waals surface area contributed by atoms with E-state index in [0.717, 1.165) is 11.1 Å². The van der Waals surface area contributed by atoms with Crippen molar-refractivity contribution in [1.82, 2.24) is 10.3 Å². The summed E-state index contributed by atoms with van der Waals surface area (Å²) >= 11 is 1.33. The van der Waals surface area contributed by atoms with E-state index in [0.29, 0.717) is 22.1 Å². The number of aliphatic carboxylic acids is 1. The summed E-state index contributed by atoms with van der Waals surface area (Å²) in [4.78, 5) is 30.4. The zero-order chi connectivity index (χ0) is 26.5. The summed E-state index contributed by atoms with van der Waals surface area (Å²) in [6.07, 6.45) is 0. The highest BCUT2D eigenvalue weighted by molar-refractivity contribution is 7.14. The standard InChI is InChI=1S/C28H25F2N3O3S/c1-17(2)25(27(35)36)32-26(34)20-9-7-18(8-10-20)15-33(24-6-4-3-5-22(24)30)28-31-23(16-37-28)19-11-13-21(29)14-12-19/h3-14,16-17,25H,15H2,1-2H3,(H,32,34)(H,35,36). The minimum atomic E-state index is -1.09. The number of carboxylic acids is 1. The smallest absolute Gasteiger partial charge is 0.326 e. The molecule has 190 valence electrons. The van der Waals surface area contributed by atoms with Crippen molar-refractivity contribution >= 4 is 34.0 Å². The van der Waals surface area contributed by atoms with E-state index in [9.17, 15) is 23.5 Å². The Labute approximate surface area is 217 Å². The summed E-state index contributed by atoms with van der Waals surface area (Å²) < 4.78 is 28.2. The molecule has 1 amide bonds. The number of rotatable bonds is 9. The van der Waals surface area contributed by atoms with Crippen LogP contribution in [0.2, 0.25) is 0 Å². The zero-order valence-electron chi connectivity index (χ0n) is 20.2. The number of para-hydroxylation sites is 1. The van der Waals surface area contributed by atoms with Gasteiger partial charge in [-0.2, -0.15) is 0 Å². The fourth-order valence-corrected chi connectivity index (χ4v) is 4.60. The molecule has 9 heteroatoms.